The van der Waals surface area contributed by atoms with E-state index in [0.29, 0.717) is 22.8 Å². The Morgan fingerprint density at radius 1 is 1.19 bits per heavy atom. The SMILES string of the molecule is CCc1nnsc1C(=O)Nc1c(-c2ccccc2)nc2c(C)cccn12. The van der Waals surface area contributed by atoms with Gasteiger partial charge in [-0.25, -0.2) is 4.98 Å². The molecule has 0 radical (unpaired) electrons. The summed E-state index contributed by atoms with van der Waals surface area (Å²) in [6, 6.07) is 13.8. The Hall–Kier alpha value is -3.06. The molecule has 3 heterocycles. The summed E-state index contributed by atoms with van der Waals surface area (Å²) in [4.78, 5) is 18.2. The number of aromatic nitrogens is 4. The van der Waals surface area contributed by atoms with Crippen molar-refractivity contribution >= 4 is 28.9 Å². The van der Waals surface area contributed by atoms with Gasteiger partial charge in [0.2, 0.25) is 0 Å². The zero-order chi connectivity index (χ0) is 18.1. The number of pyridine rings is 1. The monoisotopic (exact) mass is 363 g/mol. The van der Waals surface area contributed by atoms with Crippen LogP contribution in [0.1, 0.15) is 27.9 Å². The molecule has 6 nitrogen and oxygen atoms in total. The standard InChI is InChI=1S/C19H17N5OS/c1-3-14-16(26-23-22-14)19(25)21-18-15(13-9-5-4-6-10-13)20-17-12(2)8-7-11-24(17)18/h4-11H,3H2,1-2H3,(H,21,25). The van der Waals surface area contributed by atoms with Gasteiger partial charge in [0.05, 0.1) is 5.69 Å². The summed E-state index contributed by atoms with van der Waals surface area (Å²) < 4.78 is 5.82. The summed E-state index contributed by atoms with van der Waals surface area (Å²) in [5.74, 6) is 0.438. The van der Waals surface area contributed by atoms with Crippen molar-refractivity contribution in [3.8, 4) is 11.3 Å². The molecular weight excluding hydrogens is 346 g/mol. The highest BCUT2D eigenvalue weighted by Crippen LogP contribution is 2.30. The van der Waals surface area contributed by atoms with Crippen LogP contribution in [0.4, 0.5) is 5.82 Å². The molecule has 0 atom stereocenters. The number of fused-ring (bicyclic) bond motifs is 1. The Balaban J connectivity index is 1.85. The van der Waals surface area contributed by atoms with Crippen molar-refractivity contribution in [3.63, 3.8) is 0 Å². The first-order valence-electron chi connectivity index (χ1n) is 8.34. The largest absolute Gasteiger partial charge is 0.305 e. The van der Waals surface area contributed by atoms with Crippen molar-refractivity contribution < 1.29 is 4.79 Å². The van der Waals surface area contributed by atoms with E-state index in [4.69, 9.17) is 4.98 Å². The lowest BCUT2D eigenvalue weighted by Crippen LogP contribution is -2.14. The summed E-state index contributed by atoms with van der Waals surface area (Å²) in [7, 11) is 0. The van der Waals surface area contributed by atoms with Gasteiger partial charge in [-0.1, -0.05) is 47.8 Å². The molecule has 1 N–H and O–H groups in total. The van der Waals surface area contributed by atoms with Crippen molar-refractivity contribution in [3.05, 3.63) is 64.8 Å². The Kier molecular flexibility index (Phi) is 4.22. The van der Waals surface area contributed by atoms with Crippen LogP contribution in [0.5, 0.6) is 0 Å². The van der Waals surface area contributed by atoms with Crippen LogP contribution in [-0.2, 0) is 6.42 Å². The lowest BCUT2D eigenvalue weighted by Gasteiger charge is -2.07. The number of rotatable bonds is 4. The normalized spacial score (nSPS) is 11.0. The van der Waals surface area contributed by atoms with Gasteiger partial charge >= 0.3 is 0 Å². The highest BCUT2D eigenvalue weighted by molar-refractivity contribution is 7.08. The van der Waals surface area contributed by atoms with Gasteiger partial charge < -0.3 is 5.32 Å². The molecule has 0 bridgehead atoms. The maximum absolute atomic E-state index is 12.8. The van der Waals surface area contributed by atoms with Crippen molar-refractivity contribution in [1.29, 1.82) is 0 Å². The number of anilines is 1. The molecule has 7 heteroatoms. The Labute approximate surface area is 154 Å². The lowest BCUT2D eigenvalue weighted by atomic mass is 10.1. The van der Waals surface area contributed by atoms with Gasteiger partial charge in [-0.15, -0.1) is 5.10 Å². The quantitative estimate of drug-likeness (QED) is 0.595. The fourth-order valence-corrected chi connectivity index (χ4v) is 3.54. The molecule has 0 saturated heterocycles. The van der Waals surface area contributed by atoms with Gasteiger partial charge in [0, 0.05) is 11.8 Å². The fraction of sp³-hybridized carbons (Fsp3) is 0.158. The summed E-state index contributed by atoms with van der Waals surface area (Å²) >= 11 is 1.11. The van der Waals surface area contributed by atoms with Crippen LogP contribution >= 0.6 is 11.5 Å². The predicted molar refractivity (Wildman–Crippen MR) is 103 cm³/mol. The predicted octanol–water partition coefficient (Wildman–Crippen LogP) is 3.98. The van der Waals surface area contributed by atoms with E-state index < -0.39 is 0 Å². The van der Waals surface area contributed by atoms with Gasteiger partial charge in [0.25, 0.3) is 5.91 Å². The van der Waals surface area contributed by atoms with E-state index in [1.165, 1.54) is 0 Å². The average Bonchev–Trinajstić information content (AvgIpc) is 3.28. The van der Waals surface area contributed by atoms with Gasteiger partial charge in [-0.3, -0.25) is 9.20 Å². The second-order valence-electron chi connectivity index (χ2n) is 5.92. The van der Waals surface area contributed by atoms with Crippen molar-refractivity contribution in [2.24, 2.45) is 0 Å². The molecule has 1 aromatic carbocycles. The number of carbonyl (C=O) groups is 1. The number of aryl methyl sites for hydroxylation is 2. The third-order valence-corrected chi connectivity index (χ3v) is 4.99. The second-order valence-corrected chi connectivity index (χ2v) is 6.67. The topological polar surface area (TPSA) is 72.2 Å². The number of nitrogens with zero attached hydrogens (tertiary/aromatic N) is 4. The number of imidazole rings is 1. The molecule has 0 saturated carbocycles. The van der Waals surface area contributed by atoms with E-state index in [1.54, 1.807) is 0 Å². The van der Waals surface area contributed by atoms with Crippen LogP contribution in [0.25, 0.3) is 16.9 Å². The number of carbonyl (C=O) groups excluding carboxylic acids is 1. The Morgan fingerprint density at radius 3 is 2.77 bits per heavy atom. The molecule has 130 valence electrons. The molecule has 26 heavy (non-hydrogen) atoms. The summed E-state index contributed by atoms with van der Waals surface area (Å²) in [5, 5.41) is 7.06. The fourth-order valence-electron chi connectivity index (χ4n) is 2.90. The van der Waals surface area contributed by atoms with Gasteiger partial charge in [0.1, 0.15) is 22.0 Å². The first kappa shape index (κ1) is 16.4. The molecule has 0 spiro atoms. The van der Waals surface area contributed by atoms with E-state index >= 15 is 0 Å². The smallest absolute Gasteiger partial charge is 0.270 e. The average molecular weight is 363 g/mol. The minimum absolute atomic E-state index is 0.211. The van der Waals surface area contributed by atoms with Crippen molar-refractivity contribution in [2.45, 2.75) is 20.3 Å². The molecule has 0 aliphatic rings. The Morgan fingerprint density at radius 2 is 2.00 bits per heavy atom. The Bertz CT molecular complexity index is 1080. The van der Waals surface area contributed by atoms with Crippen LogP contribution in [-0.4, -0.2) is 24.9 Å². The maximum Gasteiger partial charge on any atom is 0.270 e. The summed E-state index contributed by atoms with van der Waals surface area (Å²) in [6.45, 7) is 3.96. The zero-order valence-corrected chi connectivity index (χ0v) is 15.2. The van der Waals surface area contributed by atoms with E-state index in [0.717, 1.165) is 34.0 Å². The van der Waals surface area contributed by atoms with Crippen LogP contribution in [0.2, 0.25) is 0 Å². The van der Waals surface area contributed by atoms with Crippen molar-refractivity contribution in [1.82, 2.24) is 19.0 Å². The lowest BCUT2D eigenvalue weighted by molar-refractivity contribution is 0.102. The molecule has 0 fully saturated rings. The van der Waals surface area contributed by atoms with Gasteiger partial charge in [0.15, 0.2) is 0 Å². The molecule has 0 unspecified atom stereocenters. The zero-order valence-electron chi connectivity index (χ0n) is 14.4. The highest BCUT2D eigenvalue weighted by atomic mass is 32.1. The first-order chi connectivity index (χ1) is 12.7. The number of hydrogen-bond donors (Lipinski definition) is 1. The number of benzene rings is 1. The maximum atomic E-state index is 12.8. The third-order valence-electron chi connectivity index (χ3n) is 4.22. The molecule has 4 aromatic rings. The number of nitrogens with one attached hydrogen (secondary N) is 1. The number of hydrogen-bond acceptors (Lipinski definition) is 5. The van der Waals surface area contributed by atoms with Crippen molar-refractivity contribution in [2.75, 3.05) is 5.32 Å². The van der Waals surface area contributed by atoms with Gasteiger partial charge in [-0.2, -0.15) is 0 Å². The van der Waals surface area contributed by atoms with E-state index in [-0.39, 0.29) is 5.91 Å². The summed E-state index contributed by atoms with van der Waals surface area (Å²) in [6.07, 6.45) is 2.57. The second kappa shape index (κ2) is 6.68. The molecule has 0 aliphatic carbocycles. The van der Waals surface area contributed by atoms with E-state index in [1.807, 2.05) is 66.9 Å². The van der Waals surface area contributed by atoms with Crippen LogP contribution in [0.3, 0.4) is 0 Å². The molecule has 0 aliphatic heterocycles. The molecular formula is C19H17N5OS. The van der Waals surface area contributed by atoms with Crippen LogP contribution < -0.4 is 5.32 Å². The minimum atomic E-state index is -0.211. The molecule has 1 amide bonds. The van der Waals surface area contributed by atoms with E-state index in [2.05, 4.69) is 14.9 Å². The molecule has 4 rings (SSSR count). The van der Waals surface area contributed by atoms with E-state index in [9.17, 15) is 4.79 Å². The summed E-state index contributed by atoms with van der Waals surface area (Å²) in [5.41, 5.74) is 4.25. The first-order valence-corrected chi connectivity index (χ1v) is 9.12. The van der Waals surface area contributed by atoms with Crippen LogP contribution in [0.15, 0.2) is 48.7 Å². The van der Waals surface area contributed by atoms with Gasteiger partial charge in [-0.05, 0) is 36.5 Å². The minimum Gasteiger partial charge on any atom is -0.305 e. The van der Waals surface area contributed by atoms with Crippen LogP contribution in [0, 0.1) is 6.92 Å². The molecule has 3 aromatic heterocycles. The third kappa shape index (κ3) is 2.76. The number of amides is 1. The highest BCUT2D eigenvalue weighted by Gasteiger charge is 2.21.